The van der Waals surface area contributed by atoms with Crippen LogP contribution < -0.4 is 0 Å². The minimum atomic E-state index is -1.05. The largest absolute Gasteiger partial charge is 0.476 e. The summed E-state index contributed by atoms with van der Waals surface area (Å²) in [7, 11) is 0. The smallest absolute Gasteiger partial charge is 0.356 e. The highest BCUT2D eigenvalue weighted by atomic mass is 32.1. The molecular weight excluding hydrogens is 328 g/mol. The van der Waals surface area contributed by atoms with Crippen molar-refractivity contribution in [3.63, 3.8) is 0 Å². The molecule has 24 heavy (non-hydrogen) atoms. The first-order chi connectivity index (χ1) is 11.4. The molecule has 8 heteroatoms. The summed E-state index contributed by atoms with van der Waals surface area (Å²) < 4.78 is 1.69. The highest BCUT2D eigenvalue weighted by Gasteiger charge is 2.26. The fraction of sp³-hybridized carbons (Fsp3) is 0.500. The number of carboxylic acid groups (broad SMARTS) is 1. The van der Waals surface area contributed by atoms with Crippen molar-refractivity contribution < 1.29 is 14.7 Å². The summed E-state index contributed by atoms with van der Waals surface area (Å²) in [5, 5.41) is 14.1. The molecule has 1 N–H and O–H groups in total. The molecule has 1 amide bonds. The Morgan fingerprint density at radius 3 is 2.71 bits per heavy atom. The van der Waals surface area contributed by atoms with Gasteiger partial charge in [0.05, 0.1) is 22.9 Å². The number of aromatic nitrogens is 3. The number of hydrogen-bond acceptors (Lipinski definition) is 5. The van der Waals surface area contributed by atoms with Gasteiger partial charge in [-0.15, -0.1) is 11.3 Å². The lowest BCUT2D eigenvalue weighted by Gasteiger charge is -2.19. The molecule has 0 spiro atoms. The maximum atomic E-state index is 12.9. The molecule has 0 unspecified atom stereocenters. The fourth-order valence-corrected chi connectivity index (χ4v) is 3.78. The lowest BCUT2D eigenvalue weighted by atomic mass is 10.2. The molecule has 0 saturated carbocycles. The second kappa shape index (κ2) is 6.35. The first-order valence-electron chi connectivity index (χ1n) is 7.93. The molecule has 0 radical (unpaired) electrons. The quantitative estimate of drug-likeness (QED) is 0.921. The SMILES string of the molecule is Cc1nc(C(C)C)sc1C(=O)N1CCCn2nc(C(=O)O)cc2C1. The van der Waals surface area contributed by atoms with Gasteiger partial charge in [-0.25, -0.2) is 9.78 Å². The molecule has 1 aliphatic heterocycles. The van der Waals surface area contributed by atoms with E-state index in [1.165, 1.54) is 11.3 Å². The number of nitrogens with zero attached hydrogens (tertiary/aromatic N) is 4. The highest BCUT2D eigenvalue weighted by molar-refractivity contribution is 7.13. The van der Waals surface area contributed by atoms with Gasteiger partial charge < -0.3 is 10.0 Å². The maximum Gasteiger partial charge on any atom is 0.356 e. The van der Waals surface area contributed by atoms with Gasteiger partial charge in [-0.05, 0) is 19.4 Å². The van der Waals surface area contributed by atoms with E-state index in [4.69, 9.17) is 5.11 Å². The Kier molecular flexibility index (Phi) is 4.40. The van der Waals surface area contributed by atoms with Gasteiger partial charge in [0.2, 0.25) is 0 Å². The number of amides is 1. The van der Waals surface area contributed by atoms with Crippen molar-refractivity contribution in [2.75, 3.05) is 6.54 Å². The van der Waals surface area contributed by atoms with E-state index in [1.807, 2.05) is 6.92 Å². The second-order valence-corrected chi connectivity index (χ2v) is 7.28. The van der Waals surface area contributed by atoms with E-state index in [9.17, 15) is 9.59 Å². The third kappa shape index (κ3) is 3.06. The van der Waals surface area contributed by atoms with E-state index < -0.39 is 5.97 Å². The standard InChI is InChI=1S/C16H20N4O3S/c1-9(2)14-17-10(3)13(24-14)15(21)19-5-4-6-20-11(8-19)7-12(18-20)16(22)23/h7,9H,4-6,8H2,1-3H3,(H,22,23). The zero-order valence-corrected chi connectivity index (χ0v) is 14.8. The van der Waals surface area contributed by atoms with Crippen molar-refractivity contribution in [2.24, 2.45) is 0 Å². The van der Waals surface area contributed by atoms with Gasteiger partial charge >= 0.3 is 5.97 Å². The number of hydrogen-bond donors (Lipinski definition) is 1. The van der Waals surface area contributed by atoms with Crippen LogP contribution in [0.2, 0.25) is 0 Å². The van der Waals surface area contributed by atoms with Gasteiger partial charge in [-0.2, -0.15) is 5.10 Å². The zero-order valence-electron chi connectivity index (χ0n) is 13.9. The Balaban J connectivity index is 1.86. The summed E-state index contributed by atoms with van der Waals surface area (Å²) in [5.41, 5.74) is 1.54. The van der Waals surface area contributed by atoms with Crippen molar-refractivity contribution in [1.82, 2.24) is 19.7 Å². The summed E-state index contributed by atoms with van der Waals surface area (Å²) in [6.07, 6.45) is 0.744. The van der Waals surface area contributed by atoms with E-state index in [-0.39, 0.29) is 11.6 Å². The number of thiazole rings is 1. The first-order valence-corrected chi connectivity index (χ1v) is 8.75. The molecule has 0 bridgehead atoms. The van der Waals surface area contributed by atoms with Crippen LogP contribution in [0, 0.1) is 6.92 Å². The molecule has 0 atom stereocenters. The molecule has 0 fully saturated rings. The molecule has 0 aliphatic carbocycles. The second-order valence-electron chi connectivity index (χ2n) is 6.25. The molecule has 2 aromatic rings. The third-order valence-electron chi connectivity index (χ3n) is 4.02. The average Bonchev–Trinajstić information content (AvgIpc) is 3.05. The number of carbonyl (C=O) groups excluding carboxylic acids is 1. The Morgan fingerprint density at radius 1 is 1.33 bits per heavy atom. The van der Waals surface area contributed by atoms with Crippen molar-refractivity contribution in [3.05, 3.63) is 33.0 Å². The van der Waals surface area contributed by atoms with Crippen molar-refractivity contribution in [3.8, 4) is 0 Å². The van der Waals surface area contributed by atoms with Crippen molar-refractivity contribution in [2.45, 2.75) is 46.2 Å². The topological polar surface area (TPSA) is 88.3 Å². The summed E-state index contributed by atoms with van der Waals surface area (Å²) in [5.74, 6) is -0.796. The van der Waals surface area contributed by atoms with Crippen molar-refractivity contribution in [1.29, 1.82) is 0 Å². The molecule has 0 aromatic carbocycles. The van der Waals surface area contributed by atoms with Crippen LogP contribution in [0.1, 0.15) is 62.7 Å². The van der Waals surface area contributed by atoms with Crippen molar-refractivity contribution >= 4 is 23.2 Å². The number of rotatable bonds is 3. The zero-order chi connectivity index (χ0) is 17.4. The Labute approximate surface area is 143 Å². The monoisotopic (exact) mass is 348 g/mol. The van der Waals surface area contributed by atoms with E-state index in [0.29, 0.717) is 30.4 Å². The molecule has 2 aromatic heterocycles. The van der Waals surface area contributed by atoms with E-state index >= 15 is 0 Å². The van der Waals surface area contributed by atoms with Gasteiger partial charge in [0.15, 0.2) is 5.69 Å². The minimum Gasteiger partial charge on any atom is -0.476 e. The fourth-order valence-electron chi connectivity index (χ4n) is 2.75. The van der Waals surface area contributed by atoms with Gasteiger partial charge in [0, 0.05) is 19.0 Å². The predicted molar refractivity (Wildman–Crippen MR) is 89.5 cm³/mol. The highest BCUT2D eigenvalue weighted by Crippen LogP contribution is 2.27. The lowest BCUT2D eigenvalue weighted by Crippen LogP contribution is -2.30. The Morgan fingerprint density at radius 2 is 2.08 bits per heavy atom. The van der Waals surface area contributed by atoms with Crippen LogP contribution in [-0.4, -0.2) is 43.2 Å². The average molecular weight is 348 g/mol. The number of carboxylic acids is 1. The molecule has 1 aliphatic rings. The van der Waals surface area contributed by atoms with Crippen LogP contribution in [0.5, 0.6) is 0 Å². The summed E-state index contributed by atoms with van der Waals surface area (Å²) >= 11 is 1.45. The minimum absolute atomic E-state index is 0.0235. The van der Waals surface area contributed by atoms with Gasteiger partial charge in [-0.3, -0.25) is 9.48 Å². The van der Waals surface area contributed by atoms with Crippen LogP contribution >= 0.6 is 11.3 Å². The van der Waals surface area contributed by atoms with E-state index in [0.717, 1.165) is 22.8 Å². The number of aryl methyl sites for hydroxylation is 2. The maximum absolute atomic E-state index is 12.9. The predicted octanol–water partition coefficient (Wildman–Crippen LogP) is 2.52. The first kappa shape index (κ1) is 16.6. The molecule has 128 valence electrons. The third-order valence-corrected chi connectivity index (χ3v) is 5.47. The van der Waals surface area contributed by atoms with Crippen LogP contribution in [-0.2, 0) is 13.1 Å². The van der Waals surface area contributed by atoms with Gasteiger partial charge in [0.25, 0.3) is 5.91 Å². The normalized spacial score (nSPS) is 14.6. The number of aromatic carboxylic acids is 1. The Hall–Kier alpha value is -2.22. The van der Waals surface area contributed by atoms with E-state index in [2.05, 4.69) is 23.9 Å². The molecule has 7 nitrogen and oxygen atoms in total. The summed E-state index contributed by atoms with van der Waals surface area (Å²) in [6.45, 7) is 7.59. The van der Waals surface area contributed by atoms with Gasteiger partial charge in [-0.1, -0.05) is 13.8 Å². The Bertz CT molecular complexity index is 793. The summed E-state index contributed by atoms with van der Waals surface area (Å²) in [4.78, 5) is 30.9. The number of carbonyl (C=O) groups is 2. The van der Waals surface area contributed by atoms with Crippen LogP contribution in [0.15, 0.2) is 6.07 Å². The van der Waals surface area contributed by atoms with Crippen LogP contribution in [0.25, 0.3) is 0 Å². The van der Waals surface area contributed by atoms with Gasteiger partial charge in [0.1, 0.15) is 4.88 Å². The summed E-state index contributed by atoms with van der Waals surface area (Å²) in [6, 6.07) is 1.55. The van der Waals surface area contributed by atoms with Crippen LogP contribution in [0.4, 0.5) is 0 Å². The molecule has 3 rings (SSSR count). The molecule has 3 heterocycles. The number of fused-ring (bicyclic) bond motifs is 1. The molecule has 0 saturated heterocycles. The lowest BCUT2D eigenvalue weighted by molar-refractivity contribution is 0.0689. The van der Waals surface area contributed by atoms with E-state index in [1.54, 1.807) is 15.6 Å². The molecular formula is C16H20N4O3S. The van der Waals surface area contributed by atoms with Crippen LogP contribution in [0.3, 0.4) is 0 Å².